The number of rotatable bonds is 6. The normalized spacial score (nSPS) is 12.4. The van der Waals surface area contributed by atoms with Crippen molar-refractivity contribution < 1.29 is 14.8 Å². The highest BCUT2D eigenvalue weighted by Crippen LogP contribution is 2.18. The minimum atomic E-state index is -0.481. The maximum absolute atomic E-state index is 11.3. The van der Waals surface area contributed by atoms with Gasteiger partial charge < -0.3 is 0 Å². The Hall–Kier alpha value is -0.800. The minimum Gasteiger partial charge on any atom is -0.181 e. The van der Waals surface area contributed by atoms with Crippen molar-refractivity contribution in [3.63, 3.8) is 0 Å². The molecule has 0 aliphatic carbocycles. The first-order chi connectivity index (χ1) is 6.22. The zero-order chi connectivity index (χ0) is 11.4. The third-order valence-electron chi connectivity index (χ3n) is 2.35. The maximum Gasteiger partial charge on any atom is 0.478 e. The van der Waals surface area contributed by atoms with E-state index in [2.05, 4.69) is 0 Å². The van der Waals surface area contributed by atoms with Crippen LogP contribution >= 0.6 is 0 Å². The predicted octanol–water partition coefficient (Wildman–Crippen LogP) is 3.01. The third-order valence-corrected chi connectivity index (χ3v) is 2.35. The van der Waals surface area contributed by atoms with Gasteiger partial charge >= 0.3 is 5.09 Å². The van der Waals surface area contributed by atoms with Crippen LogP contribution in [-0.2, 0) is 9.68 Å². The Morgan fingerprint density at radius 2 is 1.21 bits per heavy atom. The van der Waals surface area contributed by atoms with Crippen molar-refractivity contribution in [2.45, 2.75) is 65.6 Å². The van der Waals surface area contributed by atoms with Gasteiger partial charge in [0.1, 0.15) is 4.91 Å². The van der Waals surface area contributed by atoms with Crippen molar-refractivity contribution in [1.82, 2.24) is 0 Å². The Kier molecular flexibility index (Phi) is 4.36. The van der Waals surface area contributed by atoms with Crippen molar-refractivity contribution in [1.29, 1.82) is 0 Å². The highest BCUT2D eigenvalue weighted by molar-refractivity contribution is 4.62. The van der Waals surface area contributed by atoms with Crippen molar-refractivity contribution in [3.8, 4) is 0 Å². The molecule has 0 atom stereocenters. The van der Waals surface area contributed by atoms with Crippen LogP contribution in [0, 0.1) is 4.91 Å². The molecule has 4 heteroatoms. The Balaban J connectivity index is 4.12. The van der Waals surface area contributed by atoms with Gasteiger partial charge in [-0.3, -0.25) is 0 Å². The van der Waals surface area contributed by atoms with E-state index in [0.29, 0.717) is 0 Å². The second-order valence-electron chi connectivity index (χ2n) is 4.63. The van der Waals surface area contributed by atoms with Crippen molar-refractivity contribution >= 4 is 0 Å². The molecule has 0 spiro atoms. The van der Waals surface area contributed by atoms with Crippen LogP contribution in [0.2, 0.25) is 0 Å². The highest BCUT2D eigenvalue weighted by Gasteiger charge is 2.34. The van der Waals surface area contributed by atoms with E-state index in [0.717, 1.165) is 12.8 Å². The summed E-state index contributed by atoms with van der Waals surface area (Å²) >= 11 is 0. The molecule has 0 amide bonds. The molecule has 0 aliphatic heterocycles. The Bertz CT molecular complexity index is 180. The summed E-state index contributed by atoms with van der Waals surface area (Å²) in [5, 5.41) is 0.229. The second kappa shape index (κ2) is 4.62. The molecule has 0 aliphatic rings. The van der Waals surface area contributed by atoms with Gasteiger partial charge in [0.05, 0.1) is 0 Å². The summed E-state index contributed by atoms with van der Waals surface area (Å²) in [6.07, 6.45) is 1.50. The Morgan fingerprint density at radius 1 is 0.929 bits per heavy atom. The van der Waals surface area contributed by atoms with E-state index in [1.54, 1.807) is 0 Å². The van der Waals surface area contributed by atoms with E-state index in [1.807, 2.05) is 41.5 Å². The summed E-state index contributed by atoms with van der Waals surface area (Å²) in [6.45, 7) is 11.3. The fourth-order valence-corrected chi connectivity index (χ4v) is 0.551. The van der Waals surface area contributed by atoms with Crippen molar-refractivity contribution in [2.75, 3.05) is 0 Å². The van der Waals surface area contributed by atoms with Gasteiger partial charge in [0, 0.05) is 0 Å². The Morgan fingerprint density at radius 3 is 1.43 bits per heavy atom. The molecule has 0 radical (unpaired) electrons. The van der Waals surface area contributed by atoms with Gasteiger partial charge in [0.25, 0.3) is 0 Å². The summed E-state index contributed by atoms with van der Waals surface area (Å²) in [4.78, 5) is 21.4. The topological polar surface area (TPSA) is 38.5 Å². The average Bonchev–Trinajstić information content (AvgIpc) is 2.02. The number of hydrogen-bond acceptors (Lipinski definition) is 3. The third kappa shape index (κ3) is 5.04. The molecule has 0 aromatic rings. The molecule has 0 saturated carbocycles. The van der Waals surface area contributed by atoms with E-state index in [9.17, 15) is 4.91 Å². The minimum absolute atomic E-state index is 0.229. The molecule has 0 unspecified atom stereocenters. The van der Waals surface area contributed by atoms with Crippen LogP contribution in [0.25, 0.3) is 0 Å². The van der Waals surface area contributed by atoms with E-state index in [4.69, 9.17) is 9.68 Å². The SMILES string of the molecule is CCC(C)(C)O[N+](=O)OC(C)(C)CC. The standard InChI is InChI=1S/C10H22NO3/c1-7-9(3,4)13-11(12)14-10(5,6)8-2/h7-8H2,1-6H3/q+1. The summed E-state index contributed by atoms with van der Waals surface area (Å²) < 4.78 is 0. The lowest BCUT2D eigenvalue weighted by atomic mass is 10.1. The van der Waals surface area contributed by atoms with E-state index >= 15 is 0 Å². The van der Waals surface area contributed by atoms with Crippen LogP contribution in [-0.4, -0.2) is 16.3 Å². The smallest absolute Gasteiger partial charge is 0.181 e. The fourth-order valence-electron chi connectivity index (χ4n) is 0.551. The maximum atomic E-state index is 11.3. The summed E-state index contributed by atoms with van der Waals surface area (Å²) in [7, 11) is 0. The van der Waals surface area contributed by atoms with E-state index in [1.165, 1.54) is 0 Å². The largest absolute Gasteiger partial charge is 0.478 e. The van der Waals surface area contributed by atoms with Gasteiger partial charge in [-0.15, -0.1) is 0 Å². The van der Waals surface area contributed by atoms with Gasteiger partial charge in [0.15, 0.2) is 11.2 Å². The lowest BCUT2D eigenvalue weighted by Gasteiger charge is -2.18. The molecule has 0 N–H and O–H groups in total. The lowest BCUT2D eigenvalue weighted by Crippen LogP contribution is -2.34. The first-order valence-corrected chi connectivity index (χ1v) is 5.08. The van der Waals surface area contributed by atoms with Crippen LogP contribution in [0.5, 0.6) is 0 Å². The summed E-state index contributed by atoms with van der Waals surface area (Å²) in [6, 6.07) is 0. The molecule has 0 aromatic heterocycles. The molecule has 4 nitrogen and oxygen atoms in total. The Labute approximate surface area is 86.1 Å². The second-order valence-corrected chi connectivity index (χ2v) is 4.63. The number of hydrogen-bond donors (Lipinski definition) is 0. The van der Waals surface area contributed by atoms with Crippen molar-refractivity contribution in [3.05, 3.63) is 4.91 Å². The van der Waals surface area contributed by atoms with Gasteiger partial charge in [0.2, 0.25) is 0 Å². The summed E-state index contributed by atoms with van der Waals surface area (Å²) in [5.41, 5.74) is -0.961. The molecular weight excluding hydrogens is 182 g/mol. The van der Waals surface area contributed by atoms with Crippen LogP contribution in [0.15, 0.2) is 0 Å². The molecule has 0 aromatic carbocycles. The predicted molar refractivity (Wildman–Crippen MR) is 54.5 cm³/mol. The van der Waals surface area contributed by atoms with E-state index in [-0.39, 0.29) is 5.09 Å². The van der Waals surface area contributed by atoms with Crippen LogP contribution in [0.4, 0.5) is 0 Å². The molecule has 14 heavy (non-hydrogen) atoms. The van der Waals surface area contributed by atoms with Crippen LogP contribution in [0.3, 0.4) is 0 Å². The first-order valence-electron chi connectivity index (χ1n) is 5.08. The zero-order valence-electron chi connectivity index (χ0n) is 10.1. The van der Waals surface area contributed by atoms with E-state index < -0.39 is 11.2 Å². The molecule has 0 bridgehead atoms. The fraction of sp³-hybridized carbons (Fsp3) is 1.00. The molecule has 0 rings (SSSR count). The molecule has 84 valence electrons. The van der Waals surface area contributed by atoms with Gasteiger partial charge in [-0.1, -0.05) is 13.8 Å². The van der Waals surface area contributed by atoms with Gasteiger partial charge in [-0.25, -0.2) is 0 Å². The molecule has 0 fully saturated rings. The zero-order valence-corrected chi connectivity index (χ0v) is 10.1. The van der Waals surface area contributed by atoms with Crippen molar-refractivity contribution in [2.24, 2.45) is 0 Å². The van der Waals surface area contributed by atoms with Gasteiger partial charge in [-0.2, -0.15) is 9.68 Å². The van der Waals surface area contributed by atoms with Crippen LogP contribution < -0.4 is 0 Å². The lowest BCUT2D eigenvalue weighted by molar-refractivity contribution is -1.00. The highest BCUT2D eigenvalue weighted by atomic mass is 17.0. The molecule has 0 heterocycles. The summed E-state index contributed by atoms with van der Waals surface area (Å²) in [5.74, 6) is 0. The first kappa shape index (κ1) is 13.2. The monoisotopic (exact) mass is 204 g/mol. The van der Waals surface area contributed by atoms with Crippen LogP contribution in [0.1, 0.15) is 54.4 Å². The molecular formula is C10H22NO3+. The quantitative estimate of drug-likeness (QED) is 0.624. The molecule has 0 saturated heterocycles. The average molecular weight is 204 g/mol. The number of nitrogens with zero attached hydrogens (tertiary/aromatic N) is 1. The van der Waals surface area contributed by atoms with Gasteiger partial charge in [-0.05, 0) is 40.5 Å².